The molecule has 1 aromatic rings. The number of nitriles is 1. The van der Waals surface area contributed by atoms with E-state index in [1.54, 1.807) is 18.3 Å². The Balaban J connectivity index is 2.14. The summed E-state index contributed by atoms with van der Waals surface area (Å²) in [5.41, 5.74) is 1.23. The van der Waals surface area contributed by atoms with E-state index in [-0.39, 0.29) is 5.92 Å². The van der Waals surface area contributed by atoms with Crippen molar-refractivity contribution in [1.82, 2.24) is 4.98 Å². The molecule has 1 saturated heterocycles. The molecule has 0 amide bonds. The summed E-state index contributed by atoms with van der Waals surface area (Å²) < 4.78 is 0. The molecule has 5 nitrogen and oxygen atoms in total. The fourth-order valence-corrected chi connectivity index (χ4v) is 1.87. The topological polar surface area (TPSA) is 77.2 Å². The van der Waals surface area contributed by atoms with Crippen LogP contribution < -0.4 is 4.90 Å². The number of anilines is 1. The lowest BCUT2D eigenvalue weighted by Crippen LogP contribution is -2.22. The van der Waals surface area contributed by atoms with Crippen LogP contribution in [0.2, 0.25) is 0 Å². The second-order valence-corrected chi connectivity index (χ2v) is 3.78. The van der Waals surface area contributed by atoms with Crippen LogP contribution in [0.5, 0.6) is 0 Å². The fourth-order valence-electron chi connectivity index (χ4n) is 1.87. The predicted octanol–water partition coefficient (Wildman–Crippen LogP) is 0.864. The monoisotopic (exact) mass is 217 g/mol. The standard InChI is InChI=1S/C11H11N3O2/c12-6-9-5-10(1-3-13-9)14-4-2-8(7-14)11(15)16/h1,3,5,8H,2,4,7H2,(H,15,16). The molecule has 1 fully saturated rings. The third kappa shape index (κ3) is 1.96. The molecule has 1 aromatic heterocycles. The molecule has 0 radical (unpaired) electrons. The third-order valence-corrected chi connectivity index (χ3v) is 2.76. The molecule has 1 unspecified atom stereocenters. The lowest BCUT2D eigenvalue weighted by atomic mass is 10.1. The van der Waals surface area contributed by atoms with Crippen LogP contribution in [0, 0.1) is 17.2 Å². The number of carboxylic acids is 1. The first-order chi connectivity index (χ1) is 7.70. The summed E-state index contributed by atoms with van der Waals surface area (Å²) in [6.07, 6.45) is 2.22. The molecule has 1 aliphatic heterocycles. The van der Waals surface area contributed by atoms with Crippen molar-refractivity contribution in [3.8, 4) is 6.07 Å². The van der Waals surface area contributed by atoms with Gasteiger partial charge in [0, 0.05) is 25.0 Å². The van der Waals surface area contributed by atoms with Gasteiger partial charge in [-0.2, -0.15) is 5.26 Å². The maximum Gasteiger partial charge on any atom is 0.308 e. The lowest BCUT2D eigenvalue weighted by molar-refractivity contribution is -0.140. The van der Waals surface area contributed by atoms with Crippen LogP contribution in [0.25, 0.3) is 0 Å². The molecule has 0 saturated carbocycles. The van der Waals surface area contributed by atoms with Gasteiger partial charge in [-0.05, 0) is 18.6 Å². The molecule has 0 aromatic carbocycles. The van der Waals surface area contributed by atoms with Gasteiger partial charge < -0.3 is 10.0 Å². The molecule has 2 rings (SSSR count). The van der Waals surface area contributed by atoms with Crippen LogP contribution in [0.1, 0.15) is 12.1 Å². The molecular weight excluding hydrogens is 206 g/mol. The van der Waals surface area contributed by atoms with Crippen LogP contribution >= 0.6 is 0 Å². The number of carboxylic acid groups (broad SMARTS) is 1. The summed E-state index contributed by atoms with van der Waals surface area (Å²) in [7, 11) is 0. The molecule has 0 aliphatic carbocycles. The summed E-state index contributed by atoms with van der Waals surface area (Å²) in [4.78, 5) is 16.7. The number of rotatable bonds is 2. The normalized spacial score (nSPS) is 19.4. The Bertz CT molecular complexity index is 453. The molecule has 5 heteroatoms. The first-order valence-electron chi connectivity index (χ1n) is 5.04. The minimum Gasteiger partial charge on any atom is -0.481 e. The molecule has 1 aliphatic rings. The van der Waals surface area contributed by atoms with Crippen LogP contribution in [-0.2, 0) is 4.79 Å². The van der Waals surface area contributed by atoms with Gasteiger partial charge in [-0.15, -0.1) is 0 Å². The summed E-state index contributed by atoms with van der Waals surface area (Å²) in [5, 5.41) is 17.6. The van der Waals surface area contributed by atoms with E-state index in [1.807, 2.05) is 11.0 Å². The minimum absolute atomic E-state index is 0.307. The summed E-state index contributed by atoms with van der Waals surface area (Å²) >= 11 is 0. The first-order valence-corrected chi connectivity index (χ1v) is 5.04. The maximum atomic E-state index is 10.8. The maximum absolute atomic E-state index is 10.8. The van der Waals surface area contributed by atoms with E-state index >= 15 is 0 Å². The van der Waals surface area contributed by atoms with E-state index in [0.717, 1.165) is 5.69 Å². The van der Waals surface area contributed by atoms with Gasteiger partial charge in [0.25, 0.3) is 0 Å². The Labute approximate surface area is 92.9 Å². The first kappa shape index (κ1) is 10.4. The Morgan fingerprint density at radius 3 is 3.12 bits per heavy atom. The van der Waals surface area contributed by atoms with Crippen LogP contribution in [0.15, 0.2) is 18.3 Å². The number of carbonyl (C=O) groups is 1. The van der Waals surface area contributed by atoms with E-state index in [4.69, 9.17) is 10.4 Å². The van der Waals surface area contributed by atoms with Gasteiger partial charge in [0.05, 0.1) is 5.92 Å². The van der Waals surface area contributed by atoms with Crippen molar-refractivity contribution < 1.29 is 9.90 Å². The van der Waals surface area contributed by atoms with Crippen molar-refractivity contribution in [2.45, 2.75) is 6.42 Å². The molecule has 0 spiro atoms. The van der Waals surface area contributed by atoms with Crippen molar-refractivity contribution in [2.24, 2.45) is 5.92 Å². The quantitative estimate of drug-likeness (QED) is 0.795. The molecule has 82 valence electrons. The number of hydrogen-bond acceptors (Lipinski definition) is 4. The predicted molar refractivity (Wildman–Crippen MR) is 56.9 cm³/mol. The Kier molecular flexibility index (Phi) is 2.73. The average Bonchev–Trinajstić information content (AvgIpc) is 2.78. The third-order valence-electron chi connectivity index (χ3n) is 2.76. The van der Waals surface area contributed by atoms with Crippen LogP contribution in [0.3, 0.4) is 0 Å². The van der Waals surface area contributed by atoms with Gasteiger partial charge >= 0.3 is 5.97 Å². The van der Waals surface area contributed by atoms with E-state index < -0.39 is 5.97 Å². The lowest BCUT2D eigenvalue weighted by Gasteiger charge is -2.17. The van der Waals surface area contributed by atoms with Crippen molar-refractivity contribution >= 4 is 11.7 Å². The van der Waals surface area contributed by atoms with E-state index in [9.17, 15) is 4.79 Å². The summed E-state index contributed by atoms with van der Waals surface area (Å²) in [6, 6.07) is 5.45. The van der Waals surface area contributed by atoms with Gasteiger partial charge in [0.15, 0.2) is 0 Å². The highest BCUT2D eigenvalue weighted by molar-refractivity contribution is 5.72. The average molecular weight is 217 g/mol. The zero-order valence-corrected chi connectivity index (χ0v) is 8.63. The largest absolute Gasteiger partial charge is 0.481 e. The molecule has 1 N–H and O–H groups in total. The summed E-state index contributed by atoms with van der Waals surface area (Å²) in [6.45, 7) is 1.22. The minimum atomic E-state index is -0.753. The smallest absolute Gasteiger partial charge is 0.308 e. The molecule has 2 heterocycles. The molecule has 16 heavy (non-hydrogen) atoms. The van der Waals surface area contributed by atoms with E-state index in [1.165, 1.54) is 0 Å². The van der Waals surface area contributed by atoms with Gasteiger partial charge in [0.1, 0.15) is 11.8 Å². The number of aliphatic carboxylic acids is 1. The molecule has 1 atom stereocenters. The highest BCUT2D eigenvalue weighted by Crippen LogP contribution is 2.23. The van der Waals surface area contributed by atoms with Gasteiger partial charge in [0.2, 0.25) is 0 Å². The Hall–Kier alpha value is -2.09. The number of nitrogens with zero attached hydrogens (tertiary/aromatic N) is 3. The van der Waals surface area contributed by atoms with Crippen LogP contribution in [0.4, 0.5) is 5.69 Å². The zero-order chi connectivity index (χ0) is 11.5. The molecule has 0 bridgehead atoms. The van der Waals surface area contributed by atoms with Gasteiger partial charge in [-0.25, -0.2) is 4.98 Å². The summed E-state index contributed by atoms with van der Waals surface area (Å²) in [5.74, 6) is -1.06. The van der Waals surface area contributed by atoms with Crippen molar-refractivity contribution in [2.75, 3.05) is 18.0 Å². The van der Waals surface area contributed by atoms with Crippen LogP contribution in [-0.4, -0.2) is 29.1 Å². The Morgan fingerprint density at radius 1 is 1.69 bits per heavy atom. The van der Waals surface area contributed by atoms with Crippen molar-refractivity contribution in [1.29, 1.82) is 5.26 Å². The Morgan fingerprint density at radius 2 is 2.50 bits per heavy atom. The molecular formula is C11H11N3O2. The second kappa shape index (κ2) is 4.19. The van der Waals surface area contributed by atoms with E-state index in [2.05, 4.69) is 4.98 Å². The van der Waals surface area contributed by atoms with Gasteiger partial charge in [-0.1, -0.05) is 0 Å². The highest BCUT2D eigenvalue weighted by Gasteiger charge is 2.28. The SMILES string of the molecule is N#Cc1cc(N2CCC(C(=O)O)C2)ccn1. The van der Waals surface area contributed by atoms with Gasteiger partial charge in [-0.3, -0.25) is 4.79 Å². The van der Waals surface area contributed by atoms with Crippen molar-refractivity contribution in [3.63, 3.8) is 0 Å². The number of aromatic nitrogens is 1. The fraction of sp³-hybridized carbons (Fsp3) is 0.364. The van der Waals surface area contributed by atoms with Crippen molar-refractivity contribution in [3.05, 3.63) is 24.0 Å². The number of pyridine rings is 1. The highest BCUT2D eigenvalue weighted by atomic mass is 16.4. The zero-order valence-electron chi connectivity index (χ0n) is 8.63. The number of hydrogen-bond donors (Lipinski definition) is 1. The van der Waals surface area contributed by atoms with E-state index in [0.29, 0.717) is 25.2 Å². The second-order valence-electron chi connectivity index (χ2n) is 3.78.